The number of rotatable bonds is 8. The van der Waals surface area contributed by atoms with Crippen molar-refractivity contribution < 1.29 is 14.3 Å². The first-order valence-corrected chi connectivity index (χ1v) is 10.2. The van der Waals surface area contributed by atoms with Gasteiger partial charge in [0.05, 0.1) is 6.61 Å². The molecule has 1 rings (SSSR count). The van der Waals surface area contributed by atoms with Gasteiger partial charge in [0, 0.05) is 39.8 Å². The SMILES string of the molecule is CN=C(NCCOCCC(C)C)NCC1CCCN(C(=O)OC(C)(C)C)C1. The number of nitrogens with zero attached hydrogens (tertiary/aromatic N) is 2. The van der Waals surface area contributed by atoms with E-state index in [-0.39, 0.29) is 6.09 Å². The van der Waals surface area contributed by atoms with Crippen LogP contribution in [0.4, 0.5) is 4.79 Å². The largest absolute Gasteiger partial charge is 0.444 e. The smallest absolute Gasteiger partial charge is 0.410 e. The molecule has 7 nitrogen and oxygen atoms in total. The predicted molar refractivity (Wildman–Crippen MR) is 110 cm³/mol. The highest BCUT2D eigenvalue weighted by Crippen LogP contribution is 2.18. The number of likely N-dealkylation sites (tertiary alicyclic amines) is 1. The van der Waals surface area contributed by atoms with Crippen LogP contribution in [0.15, 0.2) is 4.99 Å². The molecule has 0 aromatic rings. The summed E-state index contributed by atoms with van der Waals surface area (Å²) in [6.07, 6.45) is 2.97. The van der Waals surface area contributed by atoms with E-state index in [9.17, 15) is 4.79 Å². The molecule has 1 heterocycles. The van der Waals surface area contributed by atoms with Gasteiger partial charge in [0.1, 0.15) is 5.60 Å². The molecule has 0 bridgehead atoms. The minimum absolute atomic E-state index is 0.215. The second-order valence-corrected chi connectivity index (χ2v) is 8.61. The molecule has 158 valence electrons. The molecule has 7 heteroatoms. The molecule has 0 spiro atoms. The lowest BCUT2D eigenvalue weighted by atomic mass is 9.98. The molecule has 0 aromatic heterocycles. The van der Waals surface area contributed by atoms with Crippen molar-refractivity contribution >= 4 is 12.1 Å². The standard InChI is InChI=1S/C20H40N4O3/c1-16(2)9-12-26-13-10-22-18(21-6)23-14-17-8-7-11-24(15-17)19(25)27-20(3,4)5/h16-17H,7-15H2,1-6H3,(H2,21,22,23). The van der Waals surface area contributed by atoms with Gasteiger partial charge in [-0.1, -0.05) is 13.8 Å². The summed E-state index contributed by atoms with van der Waals surface area (Å²) in [5.74, 6) is 1.84. The number of amides is 1. The van der Waals surface area contributed by atoms with E-state index in [1.54, 1.807) is 7.05 Å². The van der Waals surface area contributed by atoms with Crippen molar-refractivity contribution in [3.05, 3.63) is 0 Å². The van der Waals surface area contributed by atoms with E-state index in [0.29, 0.717) is 18.4 Å². The highest BCUT2D eigenvalue weighted by Gasteiger charge is 2.27. The summed E-state index contributed by atoms with van der Waals surface area (Å²) >= 11 is 0. The monoisotopic (exact) mass is 384 g/mol. The van der Waals surface area contributed by atoms with Crippen molar-refractivity contribution in [2.24, 2.45) is 16.8 Å². The molecule has 0 saturated carbocycles. The Kier molecular flexibility index (Phi) is 10.5. The Bertz CT molecular complexity index is 461. The summed E-state index contributed by atoms with van der Waals surface area (Å²) < 4.78 is 11.1. The number of hydrogen-bond acceptors (Lipinski definition) is 4. The Labute approximate surface area is 165 Å². The fraction of sp³-hybridized carbons (Fsp3) is 0.900. The van der Waals surface area contributed by atoms with Gasteiger partial charge in [0.25, 0.3) is 0 Å². The van der Waals surface area contributed by atoms with Crippen molar-refractivity contribution in [2.45, 2.75) is 59.5 Å². The van der Waals surface area contributed by atoms with E-state index in [2.05, 4.69) is 29.5 Å². The van der Waals surface area contributed by atoms with Crippen molar-refractivity contribution in [1.29, 1.82) is 0 Å². The van der Waals surface area contributed by atoms with Gasteiger partial charge in [-0.25, -0.2) is 4.79 Å². The molecule has 1 atom stereocenters. The van der Waals surface area contributed by atoms with Crippen LogP contribution in [-0.4, -0.2) is 69.0 Å². The molecule has 1 amide bonds. The van der Waals surface area contributed by atoms with E-state index in [4.69, 9.17) is 9.47 Å². The number of aliphatic imine (C=N–C) groups is 1. The highest BCUT2D eigenvalue weighted by atomic mass is 16.6. The van der Waals surface area contributed by atoms with Crippen LogP contribution >= 0.6 is 0 Å². The van der Waals surface area contributed by atoms with Gasteiger partial charge in [-0.3, -0.25) is 4.99 Å². The quantitative estimate of drug-likeness (QED) is 0.382. The number of guanidine groups is 1. The molecule has 0 aromatic carbocycles. The van der Waals surface area contributed by atoms with E-state index >= 15 is 0 Å². The van der Waals surface area contributed by atoms with E-state index in [1.807, 2.05) is 25.7 Å². The van der Waals surface area contributed by atoms with Gasteiger partial charge in [0.15, 0.2) is 5.96 Å². The van der Waals surface area contributed by atoms with Crippen LogP contribution in [0.5, 0.6) is 0 Å². The average Bonchev–Trinajstić information content (AvgIpc) is 2.59. The number of carbonyl (C=O) groups is 1. The first-order valence-electron chi connectivity index (χ1n) is 10.2. The van der Waals surface area contributed by atoms with Crippen molar-refractivity contribution in [1.82, 2.24) is 15.5 Å². The number of piperidine rings is 1. The number of carbonyl (C=O) groups excluding carboxylic acids is 1. The molecule has 27 heavy (non-hydrogen) atoms. The summed E-state index contributed by atoms with van der Waals surface area (Å²) in [6.45, 7) is 14.6. The molecule has 2 N–H and O–H groups in total. The number of nitrogens with one attached hydrogen (secondary N) is 2. The summed E-state index contributed by atoms with van der Waals surface area (Å²) in [5, 5.41) is 6.63. The topological polar surface area (TPSA) is 75.2 Å². The van der Waals surface area contributed by atoms with E-state index < -0.39 is 5.60 Å². The zero-order valence-corrected chi connectivity index (χ0v) is 18.1. The molecule has 0 aliphatic carbocycles. The fourth-order valence-corrected chi connectivity index (χ4v) is 2.85. The second kappa shape index (κ2) is 12.1. The van der Waals surface area contributed by atoms with Crippen molar-refractivity contribution in [2.75, 3.05) is 46.4 Å². The van der Waals surface area contributed by atoms with Gasteiger partial charge in [-0.15, -0.1) is 0 Å². The third-order valence-corrected chi connectivity index (χ3v) is 4.33. The molecule has 1 unspecified atom stereocenters. The fourth-order valence-electron chi connectivity index (χ4n) is 2.85. The lowest BCUT2D eigenvalue weighted by Crippen LogP contribution is -2.47. The van der Waals surface area contributed by atoms with Crippen LogP contribution in [0.3, 0.4) is 0 Å². The normalized spacial score (nSPS) is 18.6. The Morgan fingerprint density at radius 2 is 2.00 bits per heavy atom. The minimum Gasteiger partial charge on any atom is -0.444 e. The Morgan fingerprint density at radius 3 is 2.63 bits per heavy atom. The molecule has 1 aliphatic rings. The maximum atomic E-state index is 12.3. The zero-order chi connectivity index (χ0) is 20.3. The van der Waals surface area contributed by atoms with Crippen LogP contribution in [-0.2, 0) is 9.47 Å². The first-order chi connectivity index (χ1) is 12.7. The highest BCUT2D eigenvalue weighted by molar-refractivity contribution is 5.79. The zero-order valence-electron chi connectivity index (χ0n) is 18.1. The molecule has 1 aliphatic heterocycles. The third-order valence-electron chi connectivity index (χ3n) is 4.33. The third kappa shape index (κ3) is 11.1. The Morgan fingerprint density at radius 1 is 1.26 bits per heavy atom. The second-order valence-electron chi connectivity index (χ2n) is 8.61. The molecular formula is C20H40N4O3. The van der Waals surface area contributed by atoms with E-state index in [1.165, 1.54) is 0 Å². The summed E-state index contributed by atoms with van der Waals surface area (Å²) in [6, 6.07) is 0. The lowest BCUT2D eigenvalue weighted by molar-refractivity contribution is 0.0168. The summed E-state index contributed by atoms with van der Waals surface area (Å²) in [7, 11) is 1.77. The average molecular weight is 385 g/mol. The maximum Gasteiger partial charge on any atom is 0.410 e. The minimum atomic E-state index is -0.453. The van der Waals surface area contributed by atoms with Gasteiger partial charge in [-0.05, 0) is 51.9 Å². The van der Waals surface area contributed by atoms with Crippen molar-refractivity contribution in [3.63, 3.8) is 0 Å². The maximum absolute atomic E-state index is 12.3. The van der Waals surface area contributed by atoms with E-state index in [0.717, 1.165) is 58.0 Å². The number of hydrogen-bond donors (Lipinski definition) is 2. The van der Waals surface area contributed by atoms with Crippen LogP contribution in [0.2, 0.25) is 0 Å². The molecule has 1 fully saturated rings. The lowest BCUT2D eigenvalue weighted by Gasteiger charge is -2.34. The molecule has 0 radical (unpaired) electrons. The summed E-state index contributed by atoms with van der Waals surface area (Å²) in [5.41, 5.74) is -0.453. The van der Waals surface area contributed by atoms with Gasteiger partial charge < -0.3 is 25.0 Å². The van der Waals surface area contributed by atoms with Crippen LogP contribution in [0, 0.1) is 11.8 Å². The van der Waals surface area contributed by atoms with Gasteiger partial charge in [0.2, 0.25) is 0 Å². The van der Waals surface area contributed by atoms with Gasteiger partial charge >= 0.3 is 6.09 Å². The first kappa shape index (κ1) is 23.5. The van der Waals surface area contributed by atoms with Crippen LogP contribution in [0.1, 0.15) is 53.9 Å². The van der Waals surface area contributed by atoms with Crippen LogP contribution in [0.25, 0.3) is 0 Å². The van der Waals surface area contributed by atoms with Crippen molar-refractivity contribution in [3.8, 4) is 0 Å². The Hall–Kier alpha value is -1.50. The molecule has 1 saturated heterocycles. The molecular weight excluding hydrogens is 344 g/mol. The predicted octanol–water partition coefficient (Wildman–Crippen LogP) is 2.86. The Balaban J connectivity index is 2.26. The number of ether oxygens (including phenoxy) is 2. The summed E-state index contributed by atoms with van der Waals surface area (Å²) in [4.78, 5) is 18.3. The van der Waals surface area contributed by atoms with Gasteiger partial charge in [-0.2, -0.15) is 0 Å². The van der Waals surface area contributed by atoms with Crippen LogP contribution < -0.4 is 10.6 Å².